The summed E-state index contributed by atoms with van der Waals surface area (Å²) >= 11 is 5.73. The third-order valence-electron chi connectivity index (χ3n) is 5.56. The van der Waals surface area contributed by atoms with Crippen LogP contribution in [-0.2, 0) is 21.0 Å². The number of halogens is 4. The summed E-state index contributed by atoms with van der Waals surface area (Å²) in [5, 5.41) is 1.98. The first-order valence-corrected chi connectivity index (χ1v) is 13.3. The molecule has 1 N–H and O–H groups in total. The van der Waals surface area contributed by atoms with Gasteiger partial charge in [0, 0.05) is 5.69 Å². The third-order valence-corrected chi connectivity index (χ3v) is 7.67. The van der Waals surface area contributed by atoms with Gasteiger partial charge in [-0.15, -0.1) is 0 Å². The second-order valence-electron chi connectivity index (χ2n) is 8.47. The molecule has 0 aromatic heterocycles. The molecule has 0 fully saturated rings. The van der Waals surface area contributed by atoms with Gasteiger partial charge in [-0.05, 0) is 73.7 Å². The second-order valence-corrected chi connectivity index (χ2v) is 10.7. The van der Waals surface area contributed by atoms with Crippen molar-refractivity contribution in [2.24, 2.45) is 0 Å². The quantitative estimate of drug-likeness (QED) is 0.240. The van der Waals surface area contributed by atoms with Gasteiger partial charge in [0.25, 0.3) is 10.0 Å². The molecular weight excluding hydrogens is 553 g/mol. The van der Waals surface area contributed by atoms with Gasteiger partial charge in [-0.25, -0.2) is 8.42 Å². The van der Waals surface area contributed by atoms with Crippen molar-refractivity contribution in [3.05, 3.63) is 113 Å². The van der Waals surface area contributed by atoms with Crippen LogP contribution in [0.3, 0.4) is 0 Å². The monoisotopic (exact) mass is 574 g/mol. The molecule has 202 valence electrons. The van der Waals surface area contributed by atoms with Gasteiger partial charge in [-0.3, -0.25) is 9.10 Å². The highest BCUT2D eigenvalue weighted by Gasteiger charge is 2.35. The van der Waals surface area contributed by atoms with E-state index in [1.54, 1.807) is 55.5 Å². The maximum Gasteiger partial charge on any atom is 0.417 e. The Balaban J connectivity index is 1.61. The molecule has 0 aliphatic heterocycles. The minimum atomic E-state index is -4.84. The number of para-hydroxylation sites is 1. The van der Waals surface area contributed by atoms with Crippen LogP contribution < -0.4 is 14.4 Å². The molecule has 0 spiro atoms. The predicted molar refractivity (Wildman–Crippen MR) is 144 cm³/mol. The number of hydrogen-bond donors (Lipinski definition) is 1. The molecule has 0 saturated heterocycles. The summed E-state index contributed by atoms with van der Waals surface area (Å²) in [5.41, 5.74) is -0.474. The molecule has 4 aromatic rings. The summed E-state index contributed by atoms with van der Waals surface area (Å²) in [6, 6.07) is 23.8. The molecule has 0 unspecified atom stereocenters. The van der Waals surface area contributed by atoms with Crippen LogP contribution in [0.1, 0.15) is 11.1 Å². The van der Waals surface area contributed by atoms with Gasteiger partial charge in [0.05, 0.1) is 21.2 Å². The highest BCUT2D eigenvalue weighted by molar-refractivity contribution is 7.92. The van der Waals surface area contributed by atoms with E-state index in [0.717, 1.165) is 17.7 Å². The average Bonchev–Trinajstić information content (AvgIpc) is 2.89. The van der Waals surface area contributed by atoms with E-state index >= 15 is 0 Å². The fraction of sp³-hybridized carbons (Fsp3) is 0.107. The topological polar surface area (TPSA) is 75.7 Å². The highest BCUT2D eigenvalue weighted by atomic mass is 35.5. The molecule has 0 aliphatic carbocycles. The van der Waals surface area contributed by atoms with Crippen LogP contribution in [-0.4, -0.2) is 20.9 Å². The van der Waals surface area contributed by atoms with Crippen LogP contribution in [0, 0.1) is 6.92 Å². The lowest BCUT2D eigenvalue weighted by atomic mass is 10.2. The number of anilines is 2. The van der Waals surface area contributed by atoms with Gasteiger partial charge >= 0.3 is 6.18 Å². The molecule has 39 heavy (non-hydrogen) atoms. The normalized spacial score (nSPS) is 11.6. The molecule has 4 aromatic carbocycles. The smallest absolute Gasteiger partial charge is 0.417 e. The number of carbonyl (C=O) groups is 1. The maximum atomic E-state index is 13.5. The first-order valence-electron chi connectivity index (χ1n) is 11.5. The van der Waals surface area contributed by atoms with E-state index in [9.17, 15) is 26.4 Å². The summed E-state index contributed by atoms with van der Waals surface area (Å²) in [5.74, 6) is 0.349. The van der Waals surface area contributed by atoms with Crippen molar-refractivity contribution in [3.8, 4) is 11.5 Å². The van der Waals surface area contributed by atoms with Crippen LogP contribution in [0.2, 0.25) is 5.02 Å². The highest BCUT2D eigenvalue weighted by Crippen LogP contribution is 2.38. The molecule has 0 atom stereocenters. The van der Waals surface area contributed by atoms with Gasteiger partial charge in [0.1, 0.15) is 18.0 Å². The van der Waals surface area contributed by atoms with Crippen LogP contribution in [0.5, 0.6) is 11.5 Å². The molecule has 0 saturated carbocycles. The molecule has 0 bridgehead atoms. The minimum Gasteiger partial charge on any atom is -0.457 e. The summed E-state index contributed by atoms with van der Waals surface area (Å²) in [4.78, 5) is 12.8. The summed E-state index contributed by atoms with van der Waals surface area (Å²) < 4.78 is 74.0. The lowest BCUT2D eigenvalue weighted by molar-refractivity contribution is -0.137. The van der Waals surface area contributed by atoms with Crippen LogP contribution in [0.15, 0.2) is 102 Å². The SMILES string of the molecule is Cc1ccc(S(=O)(=O)N(CC(=O)Nc2ccc(Oc3ccccc3)cc2)c2ccc(Cl)c(C(F)(F)F)c2)cc1. The van der Waals surface area contributed by atoms with E-state index in [0.29, 0.717) is 27.6 Å². The Hall–Kier alpha value is -4.02. The van der Waals surface area contributed by atoms with Gasteiger partial charge in [0.15, 0.2) is 0 Å². The van der Waals surface area contributed by atoms with Gasteiger partial charge < -0.3 is 10.1 Å². The number of hydrogen-bond acceptors (Lipinski definition) is 4. The van der Waals surface area contributed by atoms with Gasteiger partial charge in [0.2, 0.25) is 5.91 Å². The molecule has 11 heteroatoms. The number of sulfonamides is 1. The van der Waals surface area contributed by atoms with Crippen molar-refractivity contribution in [1.29, 1.82) is 0 Å². The number of benzene rings is 4. The average molecular weight is 575 g/mol. The molecule has 4 rings (SSSR count). The Labute approximate surface area is 228 Å². The lowest BCUT2D eigenvalue weighted by Crippen LogP contribution is -2.38. The zero-order chi connectivity index (χ0) is 28.2. The fourth-order valence-electron chi connectivity index (χ4n) is 3.60. The molecule has 0 aliphatic rings. The van der Waals surface area contributed by atoms with E-state index in [2.05, 4.69) is 5.32 Å². The van der Waals surface area contributed by atoms with Crippen molar-refractivity contribution in [2.45, 2.75) is 18.0 Å². The maximum absolute atomic E-state index is 13.5. The molecule has 1 amide bonds. The zero-order valence-electron chi connectivity index (χ0n) is 20.4. The predicted octanol–water partition coefficient (Wildman–Crippen LogP) is 7.29. The van der Waals surface area contributed by atoms with Gasteiger partial charge in [-0.2, -0.15) is 13.2 Å². The minimum absolute atomic E-state index is 0.188. The van der Waals surface area contributed by atoms with Crippen LogP contribution >= 0.6 is 11.6 Å². The summed E-state index contributed by atoms with van der Waals surface area (Å²) in [7, 11) is -4.43. The Bertz CT molecular complexity index is 1560. The van der Waals surface area contributed by atoms with Crippen molar-refractivity contribution >= 4 is 38.9 Å². The number of rotatable bonds is 8. The van der Waals surface area contributed by atoms with Crippen molar-refractivity contribution in [3.63, 3.8) is 0 Å². The molecule has 0 heterocycles. The summed E-state index contributed by atoms with van der Waals surface area (Å²) in [6.07, 6.45) is -4.84. The van der Waals surface area contributed by atoms with E-state index in [1.165, 1.54) is 12.1 Å². The van der Waals surface area contributed by atoms with Crippen molar-refractivity contribution in [1.82, 2.24) is 0 Å². The largest absolute Gasteiger partial charge is 0.457 e. The number of aryl methyl sites for hydroxylation is 1. The Morgan fingerprint density at radius 2 is 1.51 bits per heavy atom. The first kappa shape index (κ1) is 28.0. The Kier molecular flexibility index (Phi) is 8.17. The lowest BCUT2D eigenvalue weighted by Gasteiger charge is -2.25. The number of alkyl halides is 3. The van der Waals surface area contributed by atoms with Crippen molar-refractivity contribution < 1.29 is 31.1 Å². The van der Waals surface area contributed by atoms with E-state index < -0.39 is 39.2 Å². The molecular formula is C28H22ClF3N2O4S. The van der Waals surface area contributed by atoms with E-state index in [1.807, 2.05) is 18.2 Å². The Morgan fingerprint density at radius 1 is 0.897 bits per heavy atom. The van der Waals surface area contributed by atoms with E-state index in [4.69, 9.17) is 16.3 Å². The number of carbonyl (C=O) groups excluding carboxylic acids is 1. The summed E-state index contributed by atoms with van der Waals surface area (Å²) in [6.45, 7) is 0.962. The Morgan fingerprint density at radius 3 is 2.13 bits per heavy atom. The number of nitrogens with zero attached hydrogens (tertiary/aromatic N) is 1. The molecule has 0 radical (unpaired) electrons. The third kappa shape index (κ3) is 6.90. The van der Waals surface area contributed by atoms with Gasteiger partial charge in [-0.1, -0.05) is 47.5 Å². The van der Waals surface area contributed by atoms with Crippen LogP contribution in [0.25, 0.3) is 0 Å². The fourth-order valence-corrected chi connectivity index (χ4v) is 5.24. The number of amides is 1. The van der Waals surface area contributed by atoms with Crippen molar-refractivity contribution in [2.75, 3.05) is 16.2 Å². The first-order chi connectivity index (χ1) is 18.4. The van der Waals surface area contributed by atoms with Crippen LogP contribution in [0.4, 0.5) is 24.5 Å². The standard InChI is InChI=1S/C28H22ClF3N2O4S/c1-19-7-14-24(15-8-19)39(36,37)34(21-11-16-26(29)25(17-21)28(30,31)32)18-27(35)33-20-9-12-23(13-10-20)38-22-5-3-2-4-6-22/h2-17H,18H2,1H3,(H,33,35). The zero-order valence-corrected chi connectivity index (χ0v) is 22.0. The second kappa shape index (κ2) is 11.4. The van der Waals surface area contributed by atoms with E-state index in [-0.39, 0.29) is 10.6 Å². The molecule has 6 nitrogen and oxygen atoms in total. The number of nitrogens with one attached hydrogen (secondary N) is 1. The number of ether oxygens (including phenoxy) is 1.